The molecule has 1 heterocycles. The van der Waals surface area contributed by atoms with E-state index in [0.717, 1.165) is 22.4 Å². The molecule has 0 bridgehead atoms. The van der Waals surface area contributed by atoms with E-state index in [1.54, 1.807) is 6.20 Å². The summed E-state index contributed by atoms with van der Waals surface area (Å²) in [7, 11) is 0. The Morgan fingerprint density at radius 1 is 1.12 bits per heavy atom. The van der Waals surface area contributed by atoms with E-state index >= 15 is 0 Å². The van der Waals surface area contributed by atoms with E-state index in [0.29, 0.717) is 12.0 Å². The first-order chi connectivity index (χ1) is 11.6. The van der Waals surface area contributed by atoms with Gasteiger partial charge in [0.05, 0.1) is 5.69 Å². The van der Waals surface area contributed by atoms with Crippen molar-refractivity contribution in [3.8, 4) is 11.3 Å². The maximum Gasteiger partial charge on any atom is 0.249 e. The van der Waals surface area contributed by atoms with Crippen LogP contribution in [0, 0.1) is 6.92 Å². The van der Waals surface area contributed by atoms with Gasteiger partial charge in [0.25, 0.3) is 0 Å². The quantitative estimate of drug-likeness (QED) is 0.775. The molecule has 0 atom stereocenters. The lowest BCUT2D eigenvalue weighted by Crippen LogP contribution is -2.14. The highest BCUT2D eigenvalue weighted by molar-refractivity contribution is 6.02. The Kier molecular flexibility index (Phi) is 3.31. The van der Waals surface area contributed by atoms with Gasteiger partial charge in [0.1, 0.15) is 0 Å². The maximum atomic E-state index is 11.8. The monoisotopic (exact) mass is 315 g/mol. The second-order valence-electron chi connectivity index (χ2n) is 6.10. The predicted octanol–water partition coefficient (Wildman–Crippen LogP) is 3.58. The smallest absolute Gasteiger partial charge is 0.249 e. The minimum Gasteiger partial charge on any atom is -0.366 e. The molecule has 4 nitrogen and oxygen atoms in total. The number of aromatic amines is 1. The van der Waals surface area contributed by atoms with Crippen LogP contribution in [0.1, 0.15) is 32.6 Å². The standard InChI is InChI=1S/C20H17N3O/c1-12-2-4-13(5-3-12)14-10-17-15(19-8-9-22-23-19)6-7-16(20(21)24)18(17)11-14/h2-10H,11H2,1H3,(H2,21,24)(H,22,23). The van der Waals surface area contributed by atoms with E-state index in [1.807, 2.05) is 18.2 Å². The minimum atomic E-state index is -0.388. The molecular formula is C20H17N3O. The van der Waals surface area contributed by atoms with Crippen molar-refractivity contribution in [3.05, 3.63) is 76.5 Å². The van der Waals surface area contributed by atoms with Crippen LogP contribution in [0.3, 0.4) is 0 Å². The van der Waals surface area contributed by atoms with Gasteiger partial charge in [0.15, 0.2) is 0 Å². The molecule has 2 aromatic carbocycles. The number of nitrogens with one attached hydrogen (secondary N) is 1. The molecule has 0 radical (unpaired) electrons. The fourth-order valence-electron chi connectivity index (χ4n) is 3.26. The van der Waals surface area contributed by atoms with Crippen molar-refractivity contribution >= 4 is 17.6 Å². The highest BCUT2D eigenvalue weighted by Crippen LogP contribution is 2.38. The fraction of sp³-hybridized carbons (Fsp3) is 0.100. The van der Waals surface area contributed by atoms with Gasteiger partial charge in [0, 0.05) is 17.3 Å². The van der Waals surface area contributed by atoms with Gasteiger partial charge in [-0.15, -0.1) is 0 Å². The van der Waals surface area contributed by atoms with Crippen molar-refractivity contribution < 1.29 is 4.79 Å². The summed E-state index contributed by atoms with van der Waals surface area (Å²) in [5.74, 6) is -0.388. The van der Waals surface area contributed by atoms with Crippen LogP contribution in [0.4, 0.5) is 0 Å². The van der Waals surface area contributed by atoms with Gasteiger partial charge in [0.2, 0.25) is 5.91 Å². The van der Waals surface area contributed by atoms with Gasteiger partial charge in [-0.1, -0.05) is 35.9 Å². The van der Waals surface area contributed by atoms with E-state index in [1.165, 1.54) is 16.7 Å². The third-order valence-electron chi connectivity index (χ3n) is 4.52. The Labute approximate surface area is 140 Å². The number of nitrogens with two attached hydrogens (primary N) is 1. The largest absolute Gasteiger partial charge is 0.366 e. The molecule has 4 heteroatoms. The van der Waals surface area contributed by atoms with Crippen LogP contribution in [-0.2, 0) is 6.42 Å². The van der Waals surface area contributed by atoms with Crippen molar-refractivity contribution in [1.82, 2.24) is 10.2 Å². The zero-order chi connectivity index (χ0) is 16.7. The molecule has 1 aliphatic carbocycles. The summed E-state index contributed by atoms with van der Waals surface area (Å²) < 4.78 is 0. The number of H-pyrrole nitrogens is 1. The summed E-state index contributed by atoms with van der Waals surface area (Å²) in [6, 6.07) is 14.1. The topological polar surface area (TPSA) is 71.8 Å². The molecule has 4 rings (SSSR count). The SMILES string of the molecule is Cc1ccc(C2=Cc3c(-c4ccn[nH]4)ccc(C(N)=O)c3C2)cc1. The number of allylic oxidation sites excluding steroid dienone is 1. The Morgan fingerprint density at radius 3 is 2.58 bits per heavy atom. The van der Waals surface area contributed by atoms with Gasteiger partial charge in [-0.25, -0.2) is 0 Å². The molecule has 118 valence electrons. The van der Waals surface area contributed by atoms with Gasteiger partial charge in [-0.3, -0.25) is 9.89 Å². The zero-order valence-corrected chi connectivity index (χ0v) is 13.3. The van der Waals surface area contributed by atoms with Crippen molar-refractivity contribution in [2.75, 3.05) is 0 Å². The third kappa shape index (κ3) is 2.33. The summed E-state index contributed by atoms with van der Waals surface area (Å²) in [6.07, 6.45) is 4.59. The Morgan fingerprint density at radius 2 is 1.92 bits per heavy atom. The molecule has 1 amide bonds. The zero-order valence-electron chi connectivity index (χ0n) is 13.3. The number of primary amides is 1. The molecule has 0 spiro atoms. The van der Waals surface area contributed by atoms with Crippen LogP contribution in [0.25, 0.3) is 22.9 Å². The van der Waals surface area contributed by atoms with Gasteiger partial charge < -0.3 is 5.73 Å². The molecule has 3 N–H and O–H groups in total. The molecule has 1 aromatic heterocycles. The van der Waals surface area contributed by atoms with E-state index in [-0.39, 0.29) is 5.91 Å². The molecule has 0 saturated heterocycles. The number of aromatic nitrogens is 2. The number of fused-ring (bicyclic) bond motifs is 1. The average molecular weight is 315 g/mol. The first-order valence-corrected chi connectivity index (χ1v) is 7.86. The van der Waals surface area contributed by atoms with Crippen molar-refractivity contribution in [2.45, 2.75) is 13.3 Å². The summed E-state index contributed by atoms with van der Waals surface area (Å²) in [6.45, 7) is 2.07. The number of rotatable bonds is 3. The summed E-state index contributed by atoms with van der Waals surface area (Å²) >= 11 is 0. The average Bonchev–Trinajstić information content (AvgIpc) is 3.24. The molecule has 24 heavy (non-hydrogen) atoms. The van der Waals surface area contributed by atoms with Crippen LogP contribution in [0.15, 0.2) is 48.7 Å². The van der Waals surface area contributed by atoms with E-state index in [2.05, 4.69) is 47.5 Å². The van der Waals surface area contributed by atoms with Crippen LogP contribution in [0.5, 0.6) is 0 Å². The summed E-state index contributed by atoms with van der Waals surface area (Å²) in [5.41, 5.74) is 13.8. The molecule has 0 saturated carbocycles. The van der Waals surface area contributed by atoms with Crippen LogP contribution >= 0.6 is 0 Å². The van der Waals surface area contributed by atoms with Crippen LogP contribution in [0.2, 0.25) is 0 Å². The van der Waals surface area contributed by atoms with Gasteiger partial charge >= 0.3 is 0 Å². The Bertz CT molecular complexity index is 951. The lowest BCUT2D eigenvalue weighted by atomic mass is 9.95. The van der Waals surface area contributed by atoms with Crippen LogP contribution < -0.4 is 5.73 Å². The molecule has 0 aliphatic heterocycles. The van der Waals surface area contributed by atoms with E-state index in [9.17, 15) is 4.79 Å². The first-order valence-electron chi connectivity index (χ1n) is 7.86. The highest BCUT2D eigenvalue weighted by atomic mass is 16.1. The normalized spacial score (nSPS) is 12.8. The van der Waals surface area contributed by atoms with Crippen molar-refractivity contribution in [1.29, 1.82) is 0 Å². The number of carbonyl (C=O) groups excluding carboxylic acids is 1. The van der Waals surface area contributed by atoms with Crippen molar-refractivity contribution in [2.24, 2.45) is 5.73 Å². The first kappa shape index (κ1) is 14.5. The number of hydrogen-bond acceptors (Lipinski definition) is 2. The molecular weight excluding hydrogens is 298 g/mol. The van der Waals surface area contributed by atoms with Gasteiger partial charge in [-0.2, -0.15) is 5.10 Å². The number of amides is 1. The summed E-state index contributed by atoms with van der Waals surface area (Å²) in [5, 5.41) is 7.03. The lowest BCUT2D eigenvalue weighted by molar-refractivity contribution is 0.0999. The van der Waals surface area contributed by atoms with Gasteiger partial charge in [-0.05, 0) is 53.8 Å². The minimum absolute atomic E-state index is 0.388. The van der Waals surface area contributed by atoms with Crippen molar-refractivity contribution in [3.63, 3.8) is 0 Å². The number of hydrogen-bond donors (Lipinski definition) is 2. The van der Waals surface area contributed by atoms with E-state index in [4.69, 9.17) is 5.73 Å². The second kappa shape index (κ2) is 5.49. The number of carbonyl (C=O) groups is 1. The summed E-state index contributed by atoms with van der Waals surface area (Å²) in [4.78, 5) is 11.8. The maximum absolute atomic E-state index is 11.8. The van der Waals surface area contributed by atoms with E-state index < -0.39 is 0 Å². The number of aryl methyl sites for hydroxylation is 1. The molecule has 0 unspecified atom stereocenters. The lowest BCUT2D eigenvalue weighted by Gasteiger charge is -2.10. The number of benzene rings is 2. The predicted molar refractivity (Wildman–Crippen MR) is 95.3 cm³/mol. The van der Waals surface area contributed by atoms with Crippen LogP contribution in [-0.4, -0.2) is 16.1 Å². The molecule has 3 aromatic rings. The second-order valence-corrected chi connectivity index (χ2v) is 6.10. The Hall–Kier alpha value is -3.14. The highest BCUT2D eigenvalue weighted by Gasteiger charge is 2.23. The molecule has 1 aliphatic rings. The fourth-order valence-corrected chi connectivity index (χ4v) is 3.26. The molecule has 0 fully saturated rings. The number of nitrogens with zero attached hydrogens (tertiary/aromatic N) is 1. The third-order valence-corrected chi connectivity index (χ3v) is 4.52. The Balaban J connectivity index is 1.87.